The van der Waals surface area contributed by atoms with Crippen LogP contribution in [0.3, 0.4) is 0 Å². The summed E-state index contributed by atoms with van der Waals surface area (Å²) in [7, 11) is 4.56. The summed E-state index contributed by atoms with van der Waals surface area (Å²) in [6.45, 7) is 4.42. The van der Waals surface area contributed by atoms with Gasteiger partial charge in [-0.15, -0.1) is 6.58 Å². The van der Waals surface area contributed by atoms with Crippen molar-refractivity contribution in [3.63, 3.8) is 0 Å². The Labute approximate surface area is 387 Å². The number of fused-ring (bicyclic) bond motifs is 2. The highest BCUT2D eigenvalue weighted by molar-refractivity contribution is 6.03. The van der Waals surface area contributed by atoms with E-state index in [9.17, 15) is 19.4 Å². The van der Waals surface area contributed by atoms with Gasteiger partial charge >= 0.3 is 6.09 Å². The maximum atomic E-state index is 15.0. The van der Waals surface area contributed by atoms with Gasteiger partial charge in [-0.3, -0.25) is 10.1 Å². The Morgan fingerprint density at radius 3 is 2.38 bits per heavy atom. The van der Waals surface area contributed by atoms with Crippen molar-refractivity contribution in [3.05, 3.63) is 102 Å². The van der Waals surface area contributed by atoms with Crippen LogP contribution in [0, 0.1) is 29.5 Å². The number of nitrogens with zero attached hydrogens (tertiary/aromatic N) is 2. The second-order valence-corrected chi connectivity index (χ2v) is 17.9. The number of nitrogens with one attached hydrogen (secondary N) is 1. The van der Waals surface area contributed by atoms with E-state index in [-0.39, 0.29) is 68.0 Å². The van der Waals surface area contributed by atoms with Gasteiger partial charge < -0.3 is 43.6 Å². The summed E-state index contributed by atoms with van der Waals surface area (Å²) >= 11 is 0. The summed E-state index contributed by atoms with van der Waals surface area (Å²) < 4.78 is 45.7. The van der Waals surface area contributed by atoms with Gasteiger partial charge in [-0.2, -0.15) is 0 Å². The van der Waals surface area contributed by atoms with Crippen LogP contribution in [0.1, 0.15) is 101 Å². The number of anilines is 1. The van der Waals surface area contributed by atoms with E-state index in [0.717, 1.165) is 74.5 Å². The van der Waals surface area contributed by atoms with Crippen molar-refractivity contribution >= 4 is 23.4 Å². The van der Waals surface area contributed by atoms with Gasteiger partial charge in [-0.25, -0.2) is 9.18 Å². The zero-order valence-corrected chi connectivity index (χ0v) is 38.6. The van der Waals surface area contributed by atoms with Gasteiger partial charge in [0.15, 0.2) is 0 Å². The van der Waals surface area contributed by atoms with Crippen LogP contribution in [0.2, 0.25) is 0 Å². The fourth-order valence-corrected chi connectivity index (χ4v) is 10.9. The number of ether oxygens (including phenoxy) is 5. The number of unbranched alkanes of at least 4 members (excludes halogenated alkanes) is 2. The molecule has 14 heteroatoms. The molecular formula is C52H66FN3O10. The molecule has 6 atom stereocenters. The largest absolute Gasteiger partial charge is 0.497 e. The second kappa shape index (κ2) is 22.8. The maximum Gasteiger partial charge on any atom is 0.417 e. The first-order chi connectivity index (χ1) is 32.2. The van der Waals surface area contributed by atoms with Gasteiger partial charge in [0.05, 0.1) is 38.1 Å². The summed E-state index contributed by atoms with van der Waals surface area (Å²) in [5.74, 6) is -0.621. The van der Waals surface area contributed by atoms with Crippen LogP contribution in [0.15, 0.2) is 90.1 Å². The Morgan fingerprint density at radius 1 is 0.939 bits per heavy atom. The first-order valence-corrected chi connectivity index (χ1v) is 23.5. The number of rotatable bonds is 22. The number of aliphatic hydroxyl groups is 2. The van der Waals surface area contributed by atoms with E-state index in [4.69, 9.17) is 33.7 Å². The number of methoxy groups -OCH3 is 2. The normalized spacial score (nSPS) is 23.8. The average Bonchev–Trinajstić information content (AvgIpc) is 3.86. The highest BCUT2D eigenvalue weighted by Crippen LogP contribution is 2.62. The van der Waals surface area contributed by atoms with Crippen molar-refractivity contribution < 1.29 is 52.7 Å². The van der Waals surface area contributed by atoms with Crippen molar-refractivity contribution in [1.29, 1.82) is 0 Å². The third-order valence-corrected chi connectivity index (χ3v) is 13.9. The lowest BCUT2D eigenvalue weighted by Gasteiger charge is -2.60. The number of benzene rings is 3. The predicted octanol–water partition coefficient (Wildman–Crippen LogP) is 9.72. The summed E-state index contributed by atoms with van der Waals surface area (Å²) in [6.07, 6.45) is 13.3. The maximum absolute atomic E-state index is 15.0. The van der Waals surface area contributed by atoms with Crippen LogP contribution in [0.4, 0.5) is 14.9 Å². The van der Waals surface area contributed by atoms with E-state index in [1.54, 1.807) is 55.7 Å². The molecule has 2 amide bonds. The highest BCUT2D eigenvalue weighted by Gasteiger charge is 2.65. The van der Waals surface area contributed by atoms with Crippen molar-refractivity contribution in [2.45, 2.75) is 108 Å². The number of halogens is 1. The van der Waals surface area contributed by atoms with Gasteiger partial charge in [-0.1, -0.05) is 68.0 Å². The zero-order chi connectivity index (χ0) is 46.6. The standard InChI is InChI=1S/C52H66FN3O10/c1-5-28-64-52-47(56(33-35-16-19-37(53)20-17-35)48(59)25-18-34-12-6-7-13-34)32-44(55-63-4)41-29-36(14-8-10-26-57)40(15-9-11-27-58)49(50(41)52)42-30-39(22-24-45(42)66-52)65-51(60)54-43-23-21-38(61-2)31-46(43)62-3/h5,16-17,19-24,29-31,34,36,40,47,49-50,57-58H,1,6-15,18,25-28,32-33H2,2-4H3,(H,54,60)/t36-,40+,47-,49+,50+,52+/m0/s1. The zero-order valence-electron chi connectivity index (χ0n) is 38.6. The Hall–Kier alpha value is -5.44. The van der Waals surface area contributed by atoms with Gasteiger partial charge in [0.2, 0.25) is 11.7 Å². The molecule has 13 nitrogen and oxygen atoms in total. The Morgan fingerprint density at radius 2 is 1.68 bits per heavy atom. The number of amides is 2. The summed E-state index contributed by atoms with van der Waals surface area (Å²) in [6, 6.07) is 15.9. The van der Waals surface area contributed by atoms with Crippen LogP contribution < -0.4 is 24.3 Å². The number of allylic oxidation sites excluding steroid dienone is 1. The molecular weight excluding hydrogens is 846 g/mol. The molecule has 4 aliphatic rings. The molecule has 2 fully saturated rings. The fourth-order valence-electron chi connectivity index (χ4n) is 10.9. The topological polar surface area (TPSA) is 158 Å². The monoisotopic (exact) mass is 911 g/mol. The molecule has 1 aliphatic heterocycles. The molecule has 0 bridgehead atoms. The lowest BCUT2D eigenvalue weighted by atomic mass is 9.55. The van der Waals surface area contributed by atoms with E-state index >= 15 is 4.79 Å². The van der Waals surface area contributed by atoms with Crippen LogP contribution in [0.5, 0.6) is 23.0 Å². The molecule has 66 heavy (non-hydrogen) atoms. The third kappa shape index (κ3) is 10.9. The molecule has 0 aromatic heterocycles. The number of hydrogen-bond donors (Lipinski definition) is 3. The van der Waals surface area contributed by atoms with E-state index in [0.29, 0.717) is 53.8 Å². The summed E-state index contributed by atoms with van der Waals surface area (Å²) in [4.78, 5) is 36.1. The Bertz CT molecular complexity index is 2190. The summed E-state index contributed by atoms with van der Waals surface area (Å²) in [5.41, 5.74) is 3.50. The SMILES string of the molecule is C=CCO[C@@]12Oc3ccc(OC(=O)Nc4ccc(OC)cc4OC)cc3[C@H]3[C@H](CCCCO)[C@@H](CCCCO)C=C(C(=NOC)C[C@@H]1N(Cc1ccc(F)cc1)C(=O)CCC1CCCC1)[C@H]32. The number of hydrogen-bond acceptors (Lipinski definition) is 11. The minimum Gasteiger partial charge on any atom is -0.497 e. The number of carbonyl (C=O) groups excluding carboxylic acids is 2. The van der Waals surface area contributed by atoms with Crippen LogP contribution in [-0.4, -0.2) is 85.8 Å². The molecule has 0 spiro atoms. The molecule has 1 heterocycles. The molecule has 0 radical (unpaired) electrons. The second-order valence-electron chi connectivity index (χ2n) is 17.9. The molecule has 0 saturated heterocycles. The first-order valence-electron chi connectivity index (χ1n) is 23.5. The van der Waals surface area contributed by atoms with Gasteiger partial charge in [0, 0.05) is 50.1 Å². The van der Waals surface area contributed by atoms with E-state index < -0.39 is 23.8 Å². The lowest BCUT2D eigenvalue weighted by molar-refractivity contribution is -0.258. The van der Waals surface area contributed by atoms with Crippen LogP contribution in [-0.2, 0) is 20.9 Å². The summed E-state index contributed by atoms with van der Waals surface area (Å²) in [5, 5.41) is 27.4. The minimum atomic E-state index is -1.48. The lowest BCUT2D eigenvalue weighted by Crippen LogP contribution is -2.70. The van der Waals surface area contributed by atoms with Gasteiger partial charge in [0.25, 0.3) is 0 Å². The molecule has 2 saturated carbocycles. The quantitative estimate of drug-likeness (QED) is 0.0504. The first kappa shape index (κ1) is 48.5. The molecule has 7 rings (SSSR count). The van der Waals surface area contributed by atoms with Crippen molar-refractivity contribution in [1.82, 2.24) is 4.90 Å². The average molecular weight is 912 g/mol. The molecule has 3 aromatic rings. The molecule has 3 N–H and O–H groups in total. The van der Waals surface area contributed by atoms with Crippen LogP contribution >= 0.6 is 0 Å². The predicted molar refractivity (Wildman–Crippen MR) is 249 cm³/mol. The fraction of sp³-hybridized carbons (Fsp3) is 0.519. The number of oxime groups is 1. The van der Waals surface area contributed by atoms with Gasteiger partial charge in [-0.05, 0) is 103 Å². The molecule has 3 aliphatic carbocycles. The Kier molecular flexibility index (Phi) is 16.8. The van der Waals surface area contributed by atoms with E-state index in [2.05, 4.69) is 18.0 Å². The number of aliphatic hydroxyl groups excluding tert-OH is 2. The molecule has 356 valence electrons. The third-order valence-electron chi connectivity index (χ3n) is 13.9. The van der Waals surface area contributed by atoms with Crippen LogP contribution in [0.25, 0.3) is 0 Å². The smallest absolute Gasteiger partial charge is 0.417 e. The number of carbonyl (C=O) groups is 2. The highest BCUT2D eigenvalue weighted by atomic mass is 19.1. The van der Waals surface area contributed by atoms with Crippen molar-refractivity contribution in [2.24, 2.45) is 28.8 Å². The van der Waals surface area contributed by atoms with Crippen molar-refractivity contribution in [3.8, 4) is 23.0 Å². The van der Waals surface area contributed by atoms with Gasteiger partial charge in [0.1, 0.15) is 42.0 Å². The Balaban J connectivity index is 1.38. The molecule has 0 unspecified atom stereocenters. The van der Waals surface area contributed by atoms with E-state index in [1.165, 1.54) is 26.4 Å². The molecule has 3 aromatic carbocycles. The van der Waals surface area contributed by atoms with E-state index in [1.807, 2.05) is 11.0 Å². The minimum absolute atomic E-state index is 0.00641. The van der Waals surface area contributed by atoms with Crippen molar-refractivity contribution in [2.75, 3.05) is 46.5 Å².